The molecule has 1 aliphatic carbocycles. The zero-order valence-electron chi connectivity index (χ0n) is 13.3. The summed E-state index contributed by atoms with van der Waals surface area (Å²) in [5.41, 5.74) is 2.49. The van der Waals surface area contributed by atoms with Gasteiger partial charge in [0.05, 0.1) is 0 Å². The van der Waals surface area contributed by atoms with Gasteiger partial charge in [0.1, 0.15) is 11.5 Å². The Kier molecular flexibility index (Phi) is 4.28. The molecule has 1 fully saturated rings. The van der Waals surface area contributed by atoms with Gasteiger partial charge in [-0.25, -0.2) is 0 Å². The molecule has 120 valence electrons. The van der Waals surface area contributed by atoms with Crippen molar-refractivity contribution in [3.8, 4) is 11.5 Å². The average Bonchev–Trinajstić information content (AvgIpc) is 3.37. The summed E-state index contributed by atoms with van der Waals surface area (Å²) in [4.78, 5) is 2.62. The number of fused-ring (bicyclic) bond motifs is 2. The van der Waals surface area contributed by atoms with Crippen molar-refractivity contribution in [1.82, 2.24) is 4.90 Å². The summed E-state index contributed by atoms with van der Waals surface area (Å²) in [6.45, 7) is 3.42. The first kappa shape index (κ1) is 15.0. The summed E-state index contributed by atoms with van der Waals surface area (Å²) in [7, 11) is 0. The zero-order valence-corrected chi connectivity index (χ0v) is 14.1. The lowest BCUT2D eigenvalue weighted by Gasteiger charge is -2.25. The van der Waals surface area contributed by atoms with Crippen molar-refractivity contribution in [2.24, 2.45) is 5.92 Å². The maximum absolute atomic E-state index is 6.22. The predicted octanol–water partition coefficient (Wildman–Crippen LogP) is 4.94. The van der Waals surface area contributed by atoms with Gasteiger partial charge >= 0.3 is 0 Å². The van der Waals surface area contributed by atoms with Crippen molar-refractivity contribution in [2.45, 2.75) is 25.7 Å². The van der Waals surface area contributed by atoms with E-state index in [0.29, 0.717) is 0 Å². The molecule has 0 amide bonds. The highest BCUT2D eigenvalue weighted by molar-refractivity contribution is 6.30. The Labute approximate surface area is 143 Å². The van der Waals surface area contributed by atoms with E-state index in [9.17, 15) is 0 Å². The van der Waals surface area contributed by atoms with Gasteiger partial charge in [-0.3, -0.25) is 0 Å². The lowest BCUT2D eigenvalue weighted by molar-refractivity contribution is 0.265. The molecule has 2 aromatic rings. The highest BCUT2D eigenvalue weighted by Gasteiger charge is 2.25. The minimum atomic E-state index is 0.784. The molecule has 1 saturated carbocycles. The molecule has 0 unspecified atom stereocenters. The Morgan fingerprint density at radius 2 is 1.70 bits per heavy atom. The van der Waals surface area contributed by atoms with E-state index in [1.54, 1.807) is 0 Å². The molecule has 0 saturated heterocycles. The van der Waals surface area contributed by atoms with E-state index in [0.717, 1.165) is 48.4 Å². The number of hydrogen-bond acceptors (Lipinski definition) is 2. The molecular weight excluding hydrogens is 306 g/mol. The second-order valence-corrected chi connectivity index (χ2v) is 7.14. The second-order valence-electron chi connectivity index (χ2n) is 6.71. The van der Waals surface area contributed by atoms with Crippen molar-refractivity contribution < 1.29 is 4.74 Å². The van der Waals surface area contributed by atoms with Crippen LogP contribution >= 0.6 is 11.6 Å². The first-order valence-corrected chi connectivity index (χ1v) is 8.92. The number of benzene rings is 2. The molecular formula is C20H22ClNO. The van der Waals surface area contributed by atoms with E-state index in [4.69, 9.17) is 16.3 Å². The van der Waals surface area contributed by atoms with E-state index >= 15 is 0 Å². The smallest absolute Gasteiger partial charge is 0.130 e. The fraction of sp³-hybridized carbons (Fsp3) is 0.400. The molecule has 4 rings (SSSR count). The van der Waals surface area contributed by atoms with E-state index < -0.39 is 0 Å². The molecule has 0 bridgehead atoms. The lowest BCUT2D eigenvalue weighted by atomic mass is 10.1. The summed E-state index contributed by atoms with van der Waals surface area (Å²) >= 11 is 6.21. The number of ether oxygens (including phenoxy) is 1. The van der Waals surface area contributed by atoms with Crippen molar-refractivity contribution in [3.63, 3.8) is 0 Å². The van der Waals surface area contributed by atoms with Gasteiger partial charge in [-0.1, -0.05) is 29.8 Å². The van der Waals surface area contributed by atoms with Crippen molar-refractivity contribution in [2.75, 3.05) is 19.6 Å². The van der Waals surface area contributed by atoms with Crippen LogP contribution in [0, 0.1) is 5.92 Å². The molecule has 0 radical (unpaired) electrons. The third-order valence-corrected chi connectivity index (χ3v) is 5.06. The molecule has 2 nitrogen and oxygen atoms in total. The summed E-state index contributed by atoms with van der Waals surface area (Å²) in [6, 6.07) is 14.4. The fourth-order valence-electron chi connectivity index (χ4n) is 3.29. The van der Waals surface area contributed by atoms with Gasteiger partial charge in [-0.15, -0.1) is 0 Å². The van der Waals surface area contributed by atoms with E-state index in [2.05, 4.69) is 29.2 Å². The Hall–Kier alpha value is -1.51. The van der Waals surface area contributed by atoms with Crippen LogP contribution in [0.3, 0.4) is 0 Å². The number of rotatable bonds is 2. The molecule has 0 atom stereocenters. The quantitative estimate of drug-likeness (QED) is 0.774. The van der Waals surface area contributed by atoms with Crippen molar-refractivity contribution in [3.05, 3.63) is 58.6 Å². The maximum Gasteiger partial charge on any atom is 0.130 e. The molecule has 0 spiro atoms. The predicted molar refractivity (Wildman–Crippen MR) is 94.5 cm³/mol. The Morgan fingerprint density at radius 1 is 0.957 bits per heavy atom. The third kappa shape index (κ3) is 3.70. The van der Waals surface area contributed by atoms with Gasteiger partial charge in [0.25, 0.3) is 0 Å². The Morgan fingerprint density at radius 3 is 2.52 bits per heavy atom. The first-order chi connectivity index (χ1) is 11.3. The maximum atomic E-state index is 6.22. The molecule has 1 aliphatic heterocycles. The van der Waals surface area contributed by atoms with Crippen LogP contribution in [0.4, 0.5) is 0 Å². The number of para-hydroxylation sites is 1. The summed E-state index contributed by atoms with van der Waals surface area (Å²) in [5, 5.41) is 0.784. The van der Waals surface area contributed by atoms with E-state index in [1.807, 2.05) is 18.2 Å². The summed E-state index contributed by atoms with van der Waals surface area (Å²) in [5.74, 6) is 2.84. The largest absolute Gasteiger partial charge is 0.457 e. The molecule has 0 N–H and O–H groups in total. The monoisotopic (exact) mass is 327 g/mol. The average molecular weight is 328 g/mol. The Balaban J connectivity index is 1.66. The first-order valence-electron chi connectivity index (χ1n) is 8.54. The zero-order chi connectivity index (χ0) is 15.6. The SMILES string of the molecule is Clc1ccc2c(c1)CCN(CC1CC1)CCc1ccccc1O2. The molecule has 1 heterocycles. The van der Waals surface area contributed by atoms with Crippen molar-refractivity contribution >= 4 is 11.6 Å². The number of nitrogens with zero attached hydrogens (tertiary/aromatic N) is 1. The minimum absolute atomic E-state index is 0.784. The van der Waals surface area contributed by atoms with Crippen LogP contribution in [-0.2, 0) is 12.8 Å². The van der Waals surface area contributed by atoms with E-state index in [-0.39, 0.29) is 0 Å². The second kappa shape index (κ2) is 6.54. The topological polar surface area (TPSA) is 12.5 Å². The van der Waals surface area contributed by atoms with Crippen LogP contribution in [0.2, 0.25) is 5.02 Å². The normalized spacial score (nSPS) is 18.7. The molecule has 23 heavy (non-hydrogen) atoms. The van der Waals surface area contributed by atoms with E-state index in [1.165, 1.54) is 30.5 Å². The van der Waals surface area contributed by atoms with Gasteiger partial charge in [-0.05, 0) is 67.0 Å². The van der Waals surface area contributed by atoms with Gasteiger partial charge in [0.2, 0.25) is 0 Å². The van der Waals surface area contributed by atoms with Crippen molar-refractivity contribution in [1.29, 1.82) is 0 Å². The van der Waals surface area contributed by atoms with Crippen LogP contribution in [-0.4, -0.2) is 24.5 Å². The highest BCUT2D eigenvalue weighted by Crippen LogP contribution is 2.33. The fourth-order valence-corrected chi connectivity index (χ4v) is 3.48. The molecule has 0 aromatic heterocycles. The summed E-state index contributed by atoms with van der Waals surface area (Å²) < 4.78 is 6.22. The van der Waals surface area contributed by atoms with Gasteiger partial charge in [0, 0.05) is 24.7 Å². The summed E-state index contributed by atoms with van der Waals surface area (Å²) in [6.07, 6.45) is 4.84. The molecule has 2 aromatic carbocycles. The highest BCUT2D eigenvalue weighted by atomic mass is 35.5. The van der Waals surface area contributed by atoms with Gasteiger partial charge in [0.15, 0.2) is 0 Å². The number of halogens is 1. The van der Waals surface area contributed by atoms with Crippen LogP contribution in [0.1, 0.15) is 24.0 Å². The lowest BCUT2D eigenvalue weighted by Crippen LogP contribution is -2.31. The number of hydrogen-bond donors (Lipinski definition) is 0. The Bertz CT molecular complexity index is 696. The standard InChI is InChI=1S/C20H22ClNO/c21-18-7-8-20-17(13-18)10-12-22(14-15-5-6-15)11-9-16-3-1-2-4-19(16)23-20/h1-4,7-8,13,15H,5-6,9-12,14H2. The van der Waals surface area contributed by atoms with Crippen LogP contribution in [0.15, 0.2) is 42.5 Å². The van der Waals surface area contributed by atoms with Crippen LogP contribution in [0.5, 0.6) is 11.5 Å². The minimum Gasteiger partial charge on any atom is -0.457 e. The van der Waals surface area contributed by atoms with Crippen LogP contribution < -0.4 is 4.74 Å². The van der Waals surface area contributed by atoms with Gasteiger partial charge < -0.3 is 9.64 Å². The van der Waals surface area contributed by atoms with Crippen LogP contribution in [0.25, 0.3) is 0 Å². The molecule has 3 heteroatoms. The molecule has 2 aliphatic rings. The third-order valence-electron chi connectivity index (χ3n) is 4.82. The van der Waals surface area contributed by atoms with Gasteiger partial charge in [-0.2, -0.15) is 0 Å².